The first-order valence-corrected chi connectivity index (χ1v) is 10.5. The van der Waals surface area contributed by atoms with Gasteiger partial charge in [-0.1, -0.05) is 36.8 Å². The molecule has 0 radical (unpaired) electrons. The van der Waals surface area contributed by atoms with Crippen LogP contribution >= 0.6 is 11.3 Å². The van der Waals surface area contributed by atoms with E-state index < -0.39 is 11.5 Å². The van der Waals surface area contributed by atoms with Gasteiger partial charge in [-0.3, -0.25) is 9.36 Å². The van der Waals surface area contributed by atoms with Crippen molar-refractivity contribution in [1.82, 2.24) is 9.55 Å². The van der Waals surface area contributed by atoms with Crippen molar-refractivity contribution in [2.45, 2.75) is 53.0 Å². The minimum absolute atomic E-state index is 0.191. The highest BCUT2D eigenvalue weighted by atomic mass is 32.1. The van der Waals surface area contributed by atoms with Gasteiger partial charge in [0.05, 0.1) is 12.0 Å². The molecule has 0 saturated carbocycles. The molecule has 0 saturated heterocycles. The number of carbonyl (C=O) groups is 1. The number of thiophene rings is 1. The maximum atomic E-state index is 13.6. The highest BCUT2D eigenvalue weighted by Crippen LogP contribution is 2.32. The molecule has 148 valence electrons. The molecule has 0 unspecified atom stereocenters. The first-order valence-electron chi connectivity index (χ1n) is 9.59. The van der Waals surface area contributed by atoms with Gasteiger partial charge >= 0.3 is 5.97 Å². The maximum Gasteiger partial charge on any atom is 0.331 e. The predicted octanol–water partition coefficient (Wildman–Crippen LogP) is 4.68. The summed E-state index contributed by atoms with van der Waals surface area (Å²) in [5.74, 6) is 0.193. The van der Waals surface area contributed by atoms with Gasteiger partial charge in [-0.2, -0.15) is 0 Å². The van der Waals surface area contributed by atoms with Crippen LogP contribution in [0.3, 0.4) is 0 Å². The molecule has 3 aromatic rings. The highest BCUT2D eigenvalue weighted by Gasteiger charge is 2.35. The van der Waals surface area contributed by atoms with E-state index in [4.69, 9.17) is 9.72 Å². The Bertz CT molecular complexity index is 1060. The van der Waals surface area contributed by atoms with E-state index in [-0.39, 0.29) is 12.2 Å². The number of benzene rings is 1. The molecule has 0 atom stereocenters. The second-order valence-corrected chi connectivity index (χ2v) is 8.25. The van der Waals surface area contributed by atoms with Crippen LogP contribution < -0.4 is 5.56 Å². The lowest BCUT2D eigenvalue weighted by Gasteiger charge is -2.27. The van der Waals surface area contributed by atoms with E-state index in [1.54, 1.807) is 20.8 Å². The number of ether oxygens (including phenoxy) is 1. The highest BCUT2D eigenvalue weighted by molar-refractivity contribution is 7.17. The van der Waals surface area contributed by atoms with Crippen LogP contribution in [-0.4, -0.2) is 22.1 Å². The number of hydrogen-bond acceptors (Lipinski definition) is 5. The molecule has 0 N–H and O–H groups in total. The average Bonchev–Trinajstić information content (AvgIpc) is 3.07. The van der Waals surface area contributed by atoms with Gasteiger partial charge in [-0.05, 0) is 39.7 Å². The van der Waals surface area contributed by atoms with Gasteiger partial charge in [0.2, 0.25) is 0 Å². The lowest BCUT2D eigenvalue weighted by atomic mass is 10.0. The summed E-state index contributed by atoms with van der Waals surface area (Å²) in [5.41, 5.74) is 1.66. The summed E-state index contributed by atoms with van der Waals surface area (Å²) in [6.07, 6.45) is 1.44. The molecule has 0 aliphatic carbocycles. The minimum Gasteiger partial charge on any atom is -0.464 e. The summed E-state index contributed by atoms with van der Waals surface area (Å²) in [4.78, 5) is 31.7. The molecule has 3 rings (SSSR count). The van der Waals surface area contributed by atoms with E-state index in [9.17, 15) is 9.59 Å². The molecule has 1 aromatic carbocycles. The maximum absolute atomic E-state index is 13.6. The quantitative estimate of drug-likeness (QED) is 0.566. The number of esters is 1. The molecule has 0 bridgehead atoms. The zero-order valence-electron chi connectivity index (χ0n) is 17.0. The number of hydrogen-bond donors (Lipinski definition) is 0. The van der Waals surface area contributed by atoms with Crippen LogP contribution in [0.25, 0.3) is 21.3 Å². The monoisotopic (exact) mass is 398 g/mol. The van der Waals surface area contributed by atoms with Gasteiger partial charge in [-0.15, -0.1) is 11.3 Å². The molecule has 28 heavy (non-hydrogen) atoms. The minimum atomic E-state index is -1.13. The molecule has 2 heterocycles. The Labute approximate surface area is 169 Å². The van der Waals surface area contributed by atoms with Crippen molar-refractivity contribution in [3.8, 4) is 11.1 Å². The Morgan fingerprint density at radius 2 is 1.89 bits per heavy atom. The number of rotatable bonds is 6. The van der Waals surface area contributed by atoms with E-state index in [0.717, 1.165) is 23.1 Å². The van der Waals surface area contributed by atoms with Crippen LogP contribution in [0, 0.1) is 6.92 Å². The SMILES string of the molecule is CCCc1nc2scc(-c3ccc(C)cc3)c2c(=O)n1C(C)(C)C(=O)OCC. The molecular formula is C22H26N2O3S. The second-order valence-electron chi connectivity index (χ2n) is 7.39. The van der Waals surface area contributed by atoms with Crippen LogP contribution in [-0.2, 0) is 21.5 Å². The number of fused-ring (bicyclic) bond motifs is 1. The molecule has 5 nitrogen and oxygen atoms in total. The van der Waals surface area contributed by atoms with Crippen molar-refractivity contribution in [2.75, 3.05) is 6.61 Å². The van der Waals surface area contributed by atoms with Gasteiger partial charge < -0.3 is 4.74 Å². The Morgan fingerprint density at radius 1 is 1.21 bits per heavy atom. The Balaban J connectivity index is 2.30. The summed E-state index contributed by atoms with van der Waals surface area (Å²) in [5, 5.41) is 2.53. The Morgan fingerprint density at radius 3 is 2.50 bits per heavy atom. The number of nitrogens with zero attached hydrogens (tertiary/aromatic N) is 2. The zero-order chi connectivity index (χ0) is 20.5. The van der Waals surface area contributed by atoms with Gasteiger partial charge in [0.1, 0.15) is 16.2 Å². The summed E-state index contributed by atoms with van der Waals surface area (Å²) in [6.45, 7) is 9.53. The normalized spacial score (nSPS) is 11.8. The summed E-state index contributed by atoms with van der Waals surface area (Å²) < 4.78 is 6.78. The fourth-order valence-corrected chi connectivity index (χ4v) is 4.30. The van der Waals surface area contributed by atoms with E-state index in [2.05, 4.69) is 0 Å². The van der Waals surface area contributed by atoms with E-state index in [1.807, 2.05) is 43.5 Å². The van der Waals surface area contributed by atoms with Gasteiger partial charge in [0.15, 0.2) is 0 Å². The number of aryl methyl sites for hydroxylation is 2. The van der Waals surface area contributed by atoms with Crippen LogP contribution in [0.1, 0.15) is 45.5 Å². The number of carbonyl (C=O) groups excluding carboxylic acids is 1. The molecule has 0 spiro atoms. The first-order chi connectivity index (χ1) is 13.3. The molecular weight excluding hydrogens is 372 g/mol. The summed E-state index contributed by atoms with van der Waals surface area (Å²) >= 11 is 1.46. The van der Waals surface area contributed by atoms with Gasteiger partial charge in [-0.25, -0.2) is 9.78 Å². The zero-order valence-corrected chi connectivity index (χ0v) is 17.9. The third-order valence-electron chi connectivity index (χ3n) is 4.85. The van der Waals surface area contributed by atoms with Crippen molar-refractivity contribution in [3.05, 3.63) is 51.4 Å². The molecule has 0 amide bonds. The van der Waals surface area contributed by atoms with Crippen LogP contribution in [0.5, 0.6) is 0 Å². The largest absolute Gasteiger partial charge is 0.464 e. The van der Waals surface area contributed by atoms with Gasteiger partial charge in [0.25, 0.3) is 5.56 Å². The van der Waals surface area contributed by atoms with Crippen molar-refractivity contribution < 1.29 is 9.53 Å². The van der Waals surface area contributed by atoms with Crippen molar-refractivity contribution in [2.24, 2.45) is 0 Å². The molecule has 0 fully saturated rings. The lowest BCUT2D eigenvalue weighted by Crippen LogP contribution is -2.45. The molecule has 6 heteroatoms. The topological polar surface area (TPSA) is 61.2 Å². The summed E-state index contributed by atoms with van der Waals surface area (Å²) in [6, 6.07) is 8.08. The van der Waals surface area contributed by atoms with E-state index in [0.29, 0.717) is 22.5 Å². The summed E-state index contributed by atoms with van der Waals surface area (Å²) in [7, 11) is 0. The average molecular weight is 399 g/mol. The smallest absolute Gasteiger partial charge is 0.331 e. The Hall–Kier alpha value is -2.47. The molecule has 2 aromatic heterocycles. The number of aromatic nitrogens is 2. The van der Waals surface area contributed by atoms with E-state index >= 15 is 0 Å². The standard InChI is InChI=1S/C22H26N2O3S/c1-6-8-17-23-19-18(16(13-28-19)15-11-9-14(3)10-12-15)20(25)24(17)22(4,5)21(26)27-7-2/h9-13H,6-8H2,1-5H3. The lowest BCUT2D eigenvalue weighted by molar-refractivity contribution is -0.152. The first kappa shape index (κ1) is 20.3. The van der Waals surface area contributed by atoms with Crippen molar-refractivity contribution >= 4 is 27.5 Å². The van der Waals surface area contributed by atoms with Crippen LogP contribution in [0.4, 0.5) is 0 Å². The second kappa shape index (κ2) is 7.87. The van der Waals surface area contributed by atoms with Crippen molar-refractivity contribution in [1.29, 1.82) is 0 Å². The fourth-order valence-electron chi connectivity index (χ4n) is 3.35. The fraction of sp³-hybridized carbons (Fsp3) is 0.409. The van der Waals surface area contributed by atoms with Crippen LogP contribution in [0.2, 0.25) is 0 Å². The third-order valence-corrected chi connectivity index (χ3v) is 5.72. The Kier molecular flexibility index (Phi) is 5.70. The predicted molar refractivity (Wildman–Crippen MR) is 114 cm³/mol. The third kappa shape index (κ3) is 3.49. The van der Waals surface area contributed by atoms with Crippen molar-refractivity contribution in [3.63, 3.8) is 0 Å². The van der Waals surface area contributed by atoms with Crippen LogP contribution in [0.15, 0.2) is 34.4 Å². The van der Waals surface area contributed by atoms with E-state index in [1.165, 1.54) is 15.9 Å². The molecule has 0 aliphatic heterocycles. The van der Waals surface area contributed by atoms with Gasteiger partial charge in [0, 0.05) is 17.4 Å². The molecule has 0 aliphatic rings.